The standard InChI is InChI=1S/C11H15NO3/c1-11(12-2,10(14)15-3)8-5-4-6-9(13)7-8/h4-7,12-13H,1-3H3. The molecule has 0 bridgehead atoms. The number of rotatable bonds is 3. The van der Waals surface area contributed by atoms with Crippen molar-refractivity contribution in [2.45, 2.75) is 12.5 Å². The van der Waals surface area contributed by atoms with Crippen molar-refractivity contribution in [1.29, 1.82) is 0 Å². The number of ether oxygens (including phenoxy) is 1. The number of carbonyl (C=O) groups is 1. The molecule has 0 heterocycles. The molecule has 0 aliphatic carbocycles. The van der Waals surface area contributed by atoms with Crippen molar-refractivity contribution in [3.8, 4) is 5.75 Å². The van der Waals surface area contributed by atoms with Crippen molar-refractivity contribution < 1.29 is 14.6 Å². The van der Waals surface area contributed by atoms with Crippen LogP contribution < -0.4 is 5.32 Å². The van der Waals surface area contributed by atoms with Gasteiger partial charge in [-0.25, -0.2) is 4.79 Å². The zero-order chi connectivity index (χ0) is 11.5. The summed E-state index contributed by atoms with van der Waals surface area (Å²) in [6.07, 6.45) is 0. The molecule has 1 aromatic rings. The van der Waals surface area contributed by atoms with E-state index in [0.29, 0.717) is 5.56 Å². The summed E-state index contributed by atoms with van der Waals surface area (Å²) >= 11 is 0. The van der Waals surface area contributed by atoms with Crippen molar-refractivity contribution in [2.24, 2.45) is 0 Å². The molecule has 1 unspecified atom stereocenters. The van der Waals surface area contributed by atoms with E-state index in [1.54, 1.807) is 32.2 Å². The molecule has 0 aliphatic rings. The number of nitrogens with one attached hydrogen (secondary N) is 1. The average molecular weight is 209 g/mol. The van der Waals surface area contributed by atoms with E-state index in [2.05, 4.69) is 5.32 Å². The number of aromatic hydroxyl groups is 1. The number of hydrogen-bond donors (Lipinski definition) is 2. The van der Waals surface area contributed by atoms with E-state index < -0.39 is 11.5 Å². The highest BCUT2D eigenvalue weighted by Crippen LogP contribution is 2.24. The van der Waals surface area contributed by atoms with E-state index in [1.165, 1.54) is 13.2 Å². The number of benzene rings is 1. The third-order valence-electron chi connectivity index (χ3n) is 2.52. The highest BCUT2D eigenvalue weighted by atomic mass is 16.5. The van der Waals surface area contributed by atoms with Gasteiger partial charge in [0.05, 0.1) is 7.11 Å². The van der Waals surface area contributed by atoms with Gasteiger partial charge in [-0.05, 0) is 31.7 Å². The first-order valence-electron chi connectivity index (χ1n) is 4.61. The Balaban J connectivity index is 3.16. The maximum atomic E-state index is 11.6. The van der Waals surface area contributed by atoms with Crippen LogP contribution in [0.5, 0.6) is 5.75 Å². The number of phenols is 1. The minimum atomic E-state index is -0.937. The molecule has 82 valence electrons. The molecule has 0 aliphatic heterocycles. The van der Waals surface area contributed by atoms with Crippen LogP contribution in [-0.4, -0.2) is 25.2 Å². The lowest BCUT2D eigenvalue weighted by Crippen LogP contribution is -2.45. The van der Waals surface area contributed by atoms with Gasteiger partial charge in [-0.2, -0.15) is 0 Å². The van der Waals surface area contributed by atoms with E-state index in [9.17, 15) is 9.90 Å². The van der Waals surface area contributed by atoms with Gasteiger partial charge in [-0.15, -0.1) is 0 Å². The summed E-state index contributed by atoms with van der Waals surface area (Å²) in [7, 11) is 3.00. The first-order chi connectivity index (χ1) is 7.04. The van der Waals surface area contributed by atoms with Crippen LogP contribution in [0.4, 0.5) is 0 Å². The topological polar surface area (TPSA) is 58.6 Å². The lowest BCUT2D eigenvalue weighted by atomic mass is 9.92. The van der Waals surface area contributed by atoms with Crippen LogP contribution in [0, 0.1) is 0 Å². The lowest BCUT2D eigenvalue weighted by Gasteiger charge is -2.26. The van der Waals surface area contributed by atoms with Crippen molar-refractivity contribution in [2.75, 3.05) is 14.2 Å². The van der Waals surface area contributed by atoms with Gasteiger partial charge in [-0.3, -0.25) is 0 Å². The van der Waals surface area contributed by atoms with E-state index in [4.69, 9.17) is 4.74 Å². The largest absolute Gasteiger partial charge is 0.508 e. The molecule has 1 atom stereocenters. The summed E-state index contributed by atoms with van der Waals surface area (Å²) < 4.78 is 4.72. The van der Waals surface area contributed by atoms with Gasteiger partial charge in [0.15, 0.2) is 0 Å². The molecular formula is C11H15NO3. The Morgan fingerprint density at radius 1 is 1.53 bits per heavy atom. The third kappa shape index (κ3) is 2.10. The van der Waals surface area contributed by atoms with Gasteiger partial charge >= 0.3 is 5.97 Å². The highest BCUT2D eigenvalue weighted by Gasteiger charge is 2.34. The maximum Gasteiger partial charge on any atom is 0.330 e. The number of hydrogen-bond acceptors (Lipinski definition) is 4. The van der Waals surface area contributed by atoms with E-state index in [1.807, 2.05) is 0 Å². The molecule has 2 N–H and O–H groups in total. The van der Waals surface area contributed by atoms with Gasteiger partial charge in [0.25, 0.3) is 0 Å². The molecule has 1 rings (SSSR count). The summed E-state index contributed by atoms with van der Waals surface area (Å²) in [5.41, 5.74) is -0.273. The first kappa shape index (κ1) is 11.5. The van der Waals surface area contributed by atoms with Gasteiger partial charge < -0.3 is 15.2 Å². The minimum absolute atomic E-state index is 0.123. The van der Waals surface area contributed by atoms with Crippen LogP contribution in [0.15, 0.2) is 24.3 Å². The quantitative estimate of drug-likeness (QED) is 0.729. The second-order valence-corrected chi connectivity index (χ2v) is 3.42. The molecule has 1 aromatic carbocycles. The molecule has 0 amide bonds. The van der Waals surface area contributed by atoms with E-state index >= 15 is 0 Å². The summed E-state index contributed by atoms with van der Waals surface area (Å²) in [6, 6.07) is 6.53. The fraction of sp³-hybridized carbons (Fsp3) is 0.364. The third-order valence-corrected chi connectivity index (χ3v) is 2.52. The maximum absolute atomic E-state index is 11.6. The van der Waals surface area contributed by atoms with Crippen molar-refractivity contribution in [1.82, 2.24) is 5.32 Å². The van der Waals surface area contributed by atoms with Crippen molar-refractivity contribution in [3.05, 3.63) is 29.8 Å². The predicted molar refractivity (Wildman–Crippen MR) is 56.5 cm³/mol. The number of phenolic OH excluding ortho intramolecular Hbond substituents is 1. The number of methoxy groups -OCH3 is 1. The van der Waals surface area contributed by atoms with Crippen molar-refractivity contribution in [3.63, 3.8) is 0 Å². The molecular weight excluding hydrogens is 194 g/mol. The van der Waals surface area contributed by atoms with E-state index in [0.717, 1.165) is 0 Å². The van der Waals surface area contributed by atoms with Crippen LogP contribution in [-0.2, 0) is 15.1 Å². The Hall–Kier alpha value is -1.55. The SMILES string of the molecule is CNC(C)(C(=O)OC)c1cccc(O)c1. The van der Waals surface area contributed by atoms with E-state index in [-0.39, 0.29) is 5.75 Å². The Bertz CT molecular complexity index is 365. The summed E-state index contributed by atoms with van der Waals surface area (Å²) in [5, 5.41) is 12.2. The Morgan fingerprint density at radius 3 is 2.67 bits per heavy atom. The second kappa shape index (κ2) is 4.31. The Kier molecular flexibility index (Phi) is 3.31. The van der Waals surface area contributed by atoms with Gasteiger partial charge in [0.1, 0.15) is 11.3 Å². The molecule has 15 heavy (non-hydrogen) atoms. The number of esters is 1. The van der Waals surface area contributed by atoms with Crippen LogP contribution in [0.25, 0.3) is 0 Å². The van der Waals surface area contributed by atoms with Crippen LogP contribution >= 0.6 is 0 Å². The van der Waals surface area contributed by atoms with Gasteiger partial charge in [0.2, 0.25) is 0 Å². The smallest absolute Gasteiger partial charge is 0.330 e. The summed E-state index contributed by atoms with van der Waals surface area (Å²) in [5.74, 6) is -0.270. The first-order valence-corrected chi connectivity index (χ1v) is 4.61. The average Bonchev–Trinajstić information content (AvgIpc) is 2.26. The van der Waals surface area contributed by atoms with Gasteiger partial charge in [0, 0.05) is 0 Å². The van der Waals surface area contributed by atoms with Crippen LogP contribution in [0.2, 0.25) is 0 Å². The minimum Gasteiger partial charge on any atom is -0.508 e. The van der Waals surface area contributed by atoms with Crippen molar-refractivity contribution >= 4 is 5.97 Å². The van der Waals surface area contributed by atoms with Crippen LogP contribution in [0.3, 0.4) is 0 Å². The highest BCUT2D eigenvalue weighted by molar-refractivity contribution is 5.82. The predicted octanol–water partition coefficient (Wildman–Crippen LogP) is 1.000. The summed E-state index contributed by atoms with van der Waals surface area (Å²) in [6.45, 7) is 1.70. The number of carbonyl (C=O) groups excluding carboxylic acids is 1. The summed E-state index contributed by atoms with van der Waals surface area (Å²) in [4.78, 5) is 11.6. The Labute approximate surface area is 88.9 Å². The fourth-order valence-corrected chi connectivity index (χ4v) is 1.39. The zero-order valence-electron chi connectivity index (χ0n) is 9.07. The molecule has 0 radical (unpaired) electrons. The molecule has 0 spiro atoms. The van der Waals surface area contributed by atoms with Crippen LogP contribution in [0.1, 0.15) is 12.5 Å². The molecule has 0 saturated carbocycles. The fourth-order valence-electron chi connectivity index (χ4n) is 1.39. The molecule has 0 aromatic heterocycles. The molecule has 4 nitrogen and oxygen atoms in total. The van der Waals surface area contributed by atoms with Gasteiger partial charge in [-0.1, -0.05) is 12.1 Å². The molecule has 0 saturated heterocycles. The monoisotopic (exact) mass is 209 g/mol. The zero-order valence-corrected chi connectivity index (χ0v) is 9.07. The molecule has 4 heteroatoms. The normalized spacial score (nSPS) is 14.3. The lowest BCUT2D eigenvalue weighted by molar-refractivity contribution is -0.148. The second-order valence-electron chi connectivity index (χ2n) is 3.42. The number of likely N-dealkylation sites (N-methyl/N-ethyl adjacent to an activating group) is 1. The Morgan fingerprint density at radius 2 is 2.20 bits per heavy atom. The molecule has 0 fully saturated rings.